The van der Waals surface area contributed by atoms with Crippen molar-refractivity contribution in [1.29, 1.82) is 0 Å². The largest absolute Gasteiger partial charge is 0.457 e. The summed E-state index contributed by atoms with van der Waals surface area (Å²) in [7, 11) is 0. The smallest absolute Gasteiger partial charge is 0.137 e. The Balaban J connectivity index is 1.08. The number of para-hydroxylation sites is 3. The lowest BCUT2D eigenvalue weighted by molar-refractivity contribution is 0.483. The summed E-state index contributed by atoms with van der Waals surface area (Å²) in [4.78, 5) is 9.72. The average molecular weight is 897 g/mol. The van der Waals surface area contributed by atoms with E-state index in [9.17, 15) is 4.39 Å². The number of pyridine rings is 1. The molecule has 2 aromatic heterocycles. The Labute approximate surface area is 401 Å². The molecule has 342 valence electrons. The van der Waals surface area contributed by atoms with Gasteiger partial charge >= 0.3 is 0 Å². The molecule has 0 amide bonds. The molecular formula is C62H61FN4O. The summed E-state index contributed by atoms with van der Waals surface area (Å²) in [5.74, 6) is 2.81. The molecule has 6 heteroatoms. The number of aromatic nitrogens is 2. The van der Waals surface area contributed by atoms with E-state index >= 15 is 0 Å². The highest BCUT2D eigenvalue weighted by Crippen LogP contribution is 2.52. The van der Waals surface area contributed by atoms with E-state index in [0.717, 1.165) is 73.2 Å². The molecule has 3 heterocycles. The van der Waals surface area contributed by atoms with Gasteiger partial charge in [-0.2, -0.15) is 0 Å². The number of ether oxygens (including phenoxy) is 1. The van der Waals surface area contributed by atoms with Crippen molar-refractivity contribution in [3.8, 4) is 39.6 Å². The zero-order chi connectivity index (χ0) is 47.6. The lowest BCUT2D eigenvalue weighted by Crippen LogP contribution is -2.25. The summed E-state index contributed by atoms with van der Waals surface area (Å²) in [6.07, 6.45) is 1.91. The quantitative estimate of drug-likeness (QED) is 0.145. The number of hydrogen-bond donors (Lipinski definition) is 0. The van der Waals surface area contributed by atoms with Gasteiger partial charge in [0.15, 0.2) is 0 Å². The molecule has 0 saturated carbocycles. The lowest BCUT2D eigenvalue weighted by Gasteiger charge is -2.30. The molecule has 0 bridgehead atoms. The lowest BCUT2D eigenvalue weighted by atomic mass is 9.81. The molecule has 10 rings (SSSR count). The van der Waals surface area contributed by atoms with Crippen LogP contribution in [-0.4, -0.2) is 16.2 Å². The number of benzene rings is 7. The second-order valence-electron chi connectivity index (χ2n) is 21.1. The Kier molecular flexibility index (Phi) is 11.3. The molecule has 0 atom stereocenters. The van der Waals surface area contributed by atoms with Gasteiger partial charge in [0.2, 0.25) is 0 Å². The van der Waals surface area contributed by atoms with Crippen LogP contribution in [0.15, 0.2) is 164 Å². The third-order valence-corrected chi connectivity index (χ3v) is 13.6. The van der Waals surface area contributed by atoms with Crippen LogP contribution >= 0.6 is 0 Å². The summed E-state index contributed by atoms with van der Waals surface area (Å²) in [5.41, 5.74) is 15.7. The zero-order valence-corrected chi connectivity index (χ0v) is 41.0. The van der Waals surface area contributed by atoms with E-state index < -0.39 is 0 Å². The van der Waals surface area contributed by atoms with Crippen LogP contribution in [-0.2, 0) is 10.8 Å². The van der Waals surface area contributed by atoms with Gasteiger partial charge in [0.25, 0.3) is 0 Å². The van der Waals surface area contributed by atoms with E-state index in [1.165, 1.54) is 33.2 Å². The van der Waals surface area contributed by atoms with E-state index in [4.69, 9.17) is 9.72 Å². The Morgan fingerprint density at radius 3 is 1.82 bits per heavy atom. The molecule has 0 saturated heterocycles. The van der Waals surface area contributed by atoms with Crippen LogP contribution in [0.2, 0.25) is 0 Å². The standard InChI is InChI=1S/C62H61FN4O/c1-39(2)42-30-43(40(3)4)32-44(31-42)54-34-46(62(8,9)10)33-53(41-22-24-47(63)25-23-41)60(54)66-38-65(56-20-13-14-21-57(56)66)48-16-15-17-49(36-48)68-50-26-27-52-51-18-11-12-19-55(51)67(58(52)37-50)59-35-45(28-29-64-59)61(5,6)7/h11-37,39-40H,38H2,1-10H3. The topological polar surface area (TPSA) is 33.5 Å². The number of rotatable bonds is 9. The van der Waals surface area contributed by atoms with Crippen LogP contribution < -0.4 is 14.5 Å². The van der Waals surface area contributed by atoms with Crippen molar-refractivity contribution in [2.75, 3.05) is 16.5 Å². The Morgan fingerprint density at radius 2 is 1.15 bits per heavy atom. The van der Waals surface area contributed by atoms with Crippen LogP contribution in [0.3, 0.4) is 0 Å². The van der Waals surface area contributed by atoms with Crippen molar-refractivity contribution >= 4 is 44.6 Å². The number of nitrogens with zero attached hydrogens (tertiary/aromatic N) is 4. The minimum Gasteiger partial charge on any atom is -0.457 e. The van der Waals surface area contributed by atoms with Crippen molar-refractivity contribution in [3.05, 3.63) is 192 Å². The molecule has 0 radical (unpaired) electrons. The molecule has 9 aromatic rings. The summed E-state index contributed by atoms with van der Waals surface area (Å²) in [6, 6.07) is 55.1. The highest BCUT2D eigenvalue weighted by atomic mass is 19.1. The Bertz CT molecular complexity index is 3320. The van der Waals surface area contributed by atoms with Gasteiger partial charge in [-0.05, 0) is 135 Å². The maximum atomic E-state index is 14.7. The zero-order valence-electron chi connectivity index (χ0n) is 41.0. The second kappa shape index (κ2) is 17.2. The molecule has 7 aromatic carbocycles. The third-order valence-electron chi connectivity index (χ3n) is 13.6. The molecule has 5 nitrogen and oxygen atoms in total. The average Bonchev–Trinajstić information content (AvgIpc) is 3.87. The molecule has 0 spiro atoms. The summed E-state index contributed by atoms with van der Waals surface area (Å²) < 4.78 is 23.8. The first-order chi connectivity index (χ1) is 32.5. The normalized spacial score (nSPS) is 13.1. The number of fused-ring (bicyclic) bond motifs is 4. The molecule has 0 N–H and O–H groups in total. The first-order valence-electron chi connectivity index (χ1n) is 24.0. The molecule has 0 aliphatic carbocycles. The van der Waals surface area contributed by atoms with E-state index in [0.29, 0.717) is 18.5 Å². The number of hydrogen-bond acceptors (Lipinski definition) is 4. The van der Waals surface area contributed by atoms with Crippen LogP contribution in [0.5, 0.6) is 11.5 Å². The molecule has 1 aliphatic heterocycles. The minimum atomic E-state index is -0.251. The predicted octanol–water partition coefficient (Wildman–Crippen LogP) is 17.5. The fourth-order valence-electron chi connectivity index (χ4n) is 9.67. The van der Waals surface area contributed by atoms with Gasteiger partial charge in [-0.1, -0.05) is 136 Å². The van der Waals surface area contributed by atoms with Gasteiger partial charge < -0.3 is 14.5 Å². The van der Waals surface area contributed by atoms with E-state index in [1.807, 2.05) is 24.4 Å². The fraction of sp³-hybridized carbons (Fsp3) is 0.242. The minimum absolute atomic E-state index is 0.0242. The Hall–Kier alpha value is -7.18. The molecule has 0 fully saturated rings. The van der Waals surface area contributed by atoms with Crippen LogP contribution in [0.25, 0.3) is 49.9 Å². The first kappa shape index (κ1) is 44.6. The molecule has 1 aliphatic rings. The molecule has 68 heavy (non-hydrogen) atoms. The van der Waals surface area contributed by atoms with Crippen molar-refractivity contribution in [2.24, 2.45) is 0 Å². The number of halogens is 1. The SMILES string of the molecule is CC(C)c1cc(-c2cc(C(C)(C)C)cc(-c3ccc(F)cc3)c2N2CN(c3cccc(Oc4ccc5c6ccccc6n(-c6cc(C(C)(C)C)ccn6)c5c4)c3)c3ccccc32)cc(C(C)C)c1. The van der Waals surface area contributed by atoms with Crippen LogP contribution in [0, 0.1) is 5.82 Å². The second-order valence-corrected chi connectivity index (χ2v) is 21.1. The molecular weight excluding hydrogens is 836 g/mol. The van der Waals surface area contributed by atoms with Gasteiger partial charge in [-0.15, -0.1) is 0 Å². The van der Waals surface area contributed by atoms with E-state index in [1.54, 1.807) is 12.1 Å². The third kappa shape index (κ3) is 8.31. The van der Waals surface area contributed by atoms with Gasteiger partial charge in [0.05, 0.1) is 28.1 Å². The van der Waals surface area contributed by atoms with Crippen molar-refractivity contribution in [1.82, 2.24) is 9.55 Å². The van der Waals surface area contributed by atoms with E-state index in [-0.39, 0.29) is 16.6 Å². The van der Waals surface area contributed by atoms with Crippen LogP contribution in [0.4, 0.5) is 27.1 Å². The fourth-order valence-corrected chi connectivity index (χ4v) is 9.67. The highest BCUT2D eigenvalue weighted by Gasteiger charge is 2.33. The number of anilines is 4. The maximum Gasteiger partial charge on any atom is 0.137 e. The van der Waals surface area contributed by atoms with Gasteiger partial charge in [0.1, 0.15) is 29.8 Å². The van der Waals surface area contributed by atoms with Crippen molar-refractivity contribution < 1.29 is 9.13 Å². The van der Waals surface area contributed by atoms with Crippen LogP contribution in [0.1, 0.15) is 103 Å². The first-order valence-corrected chi connectivity index (χ1v) is 24.0. The summed E-state index contributed by atoms with van der Waals surface area (Å²) in [6.45, 7) is 23.2. The monoisotopic (exact) mass is 896 g/mol. The predicted molar refractivity (Wildman–Crippen MR) is 284 cm³/mol. The van der Waals surface area contributed by atoms with Gasteiger partial charge in [-0.25, -0.2) is 9.37 Å². The van der Waals surface area contributed by atoms with E-state index in [2.05, 4.69) is 211 Å². The summed E-state index contributed by atoms with van der Waals surface area (Å²) >= 11 is 0. The van der Waals surface area contributed by atoms with Gasteiger partial charge in [-0.3, -0.25) is 4.57 Å². The van der Waals surface area contributed by atoms with Crippen molar-refractivity contribution in [3.63, 3.8) is 0 Å². The Morgan fingerprint density at radius 1 is 0.529 bits per heavy atom. The van der Waals surface area contributed by atoms with Crippen molar-refractivity contribution in [2.45, 2.75) is 91.9 Å². The maximum absolute atomic E-state index is 14.7. The summed E-state index contributed by atoms with van der Waals surface area (Å²) in [5, 5.41) is 2.31. The highest BCUT2D eigenvalue weighted by molar-refractivity contribution is 6.09. The molecule has 0 unspecified atom stereocenters. The van der Waals surface area contributed by atoms with Gasteiger partial charge in [0, 0.05) is 45.9 Å².